The summed E-state index contributed by atoms with van der Waals surface area (Å²) < 4.78 is 11.5. The first-order valence-electron chi connectivity index (χ1n) is 6.82. The third-order valence-electron chi connectivity index (χ3n) is 3.86. The number of Topliss-reactive ketones (excluding diaryl/α,β-unsaturated/α-hetero) is 1. The van der Waals surface area contributed by atoms with Gasteiger partial charge in [0.1, 0.15) is 11.5 Å². The molecule has 1 N–H and O–H groups in total. The van der Waals surface area contributed by atoms with Crippen molar-refractivity contribution in [2.24, 2.45) is 0 Å². The van der Waals surface area contributed by atoms with Gasteiger partial charge < -0.3 is 14.6 Å². The second-order valence-corrected chi connectivity index (χ2v) is 5.09. The minimum Gasteiger partial charge on any atom is -0.493 e. The molecule has 1 aromatic carbocycles. The van der Waals surface area contributed by atoms with E-state index < -0.39 is 0 Å². The molecule has 0 unspecified atom stereocenters. The molecule has 0 bridgehead atoms. The zero-order chi connectivity index (χ0) is 13.4. The molecular formula is C15H18O4. The highest BCUT2D eigenvalue weighted by atomic mass is 16.5. The van der Waals surface area contributed by atoms with Crippen molar-refractivity contribution in [3.8, 4) is 11.5 Å². The van der Waals surface area contributed by atoms with Gasteiger partial charge in [0.15, 0.2) is 5.78 Å². The Kier molecular flexibility index (Phi) is 3.19. The molecule has 102 valence electrons. The smallest absolute Gasteiger partial charge is 0.163 e. The van der Waals surface area contributed by atoms with Crippen molar-refractivity contribution in [2.75, 3.05) is 13.2 Å². The highest BCUT2D eigenvalue weighted by Gasteiger charge is 2.30. The number of carbonyl (C=O) groups is 1. The first-order valence-corrected chi connectivity index (χ1v) is 6.82. The maximum Gasteiger partial charge on any atom is 0.163 e. The first-order chi connectivity index (χ1) is 9.24. The van der Waals surface area contributed by atoms with Crippen LogP contribution in [0.5, 0.6) is 11.5 Å². The molecule has 2 aliphatic heterocycles. The monoisotopic (exact) mass is 262 g/mol. The van der Waals surface area contributed by atoms with Crippen LogP contribution in [0.2, 0.25) is 0 Å². The van der Waals surface area contributed by atoms with Crippen LogP contribution in [0.25, 0.3) is 0 Å². The van der Waals surface area contributed by atoms with Gasteiger partial charge in [0, 0.05) is 16.7 Å². The number of benzene rings is 1. The van der Waals surface area contributed by atoms with Crippen LogP contribution in [0.4, 0.5) is 0 Å². The number of aliphatic hydroxyl groups excluding tert-OH is 1. The average molecular weight is 262 g/mol. The molecule has 0 spiro atoms. The van der Waals surface area contributed by atoms with Gasteiger partial charge in [-0.3, -0.25) is 4.79 Å². The molecule has 3 rings (SSSR count). The molecule has 0 radical (unpaired) electrons. The molecule has 2 aliphatic rings. The quantitative estimate of drug-likeness (QED) is 0.829. The summed E-state index contributed by atoms with van der Waals surface area (Å²) in [5.74, 6) is 1.43. The molecule has 4 nitrogen and oxygen atoms in total. The van der Waals surface area contributed by atoms with Crippen molar-refractivity contribution < 1.29 is 19.4 Å². The minimum absolute atomic E-state index is 0.0180. The summed E-state index contributed by atoms with van der Waals surface area (Å²) in [4.78, 5) is 12.0. The van der Waals surface area contributed by atoms with E-state index in [0.29, 0.717) is 24.5 Å². The lowest BCUT2D eigenvalue weighted by Gasteiger charge is -2.29. The van der Waals surface area contributed by atoms with Crippen LogP contribution in [0.15, 0.2) is 0 Å². The summed E-state index contributed by atoms with van der Waals surface area (Å²) in [6.45, 7) is 2.79. The van der Waals surface area contributed by atoms with Crippen molar-refractivity contribution in [3.05, 3.63) is 22.3 Å². The molecule has 2 heterocycles. The minimum atomic E-state index is -0.0633. The van der Waals surface area contributed by atoms with E-state index >= 15 is 0 Å². The van der Waals surface area contributed by atoms with E-state index in [1.54, 1.807) is 6.92 Å². The van der Waals surface area contributed by atoms with Gasteiger partial charge in [-0.25, -0.2) is 0 Å². The Morgan fingerprint density at radius 3 is 2.37 bits per heavy atom. The molecule has 0 aliphatic carbocycles. The van der Waals surface area contributed by atoms with E-state index in [4.69, 9.17) is 9.47 Å². The SMILES string of the molecule is CC(=O)c1c2c(c(CO)c3c1OCCC3)OCCC2. The first kappa shape index (κ1) is 12.5. The summed E-state index contributed by atoms with van der Waals surface area (Å²) in [5.41, 5.74) is 3.36. The third kappa shape index (κ3) is 1.91. The summed E-state index contributed by atoms with van der Waals surface area (Å²) in [5, 5.41) is 9.66. The average Bonchev–Trinajstić information content (AvgIpc) is 2.44. The lowest BCUT2D eigenvalue weighted by Crippen LogP contribution is -2.21. The lowest BCUT2D eigenvalue weighted by molar-refractivity contribution is 0.100. The Morgan fingerprint density at radius 1 is 1.11 bits per heavy atom. The van der Waals surface area contributed by atoms with Crippen molar-refractivity contribution in [1.29, 1.82) is 0 Å². The summed E-state index contributed by atoms with van der Waals surface area (Å²) in [7, 11) is 0. The molecule has 19 heavy (non-hydrogen) atoms. The predicted molar refractivity (Wildman–Crippen MR) is 70.0 cm³/mol. The molecule has 0 aromatic heterocycles. The normalized spacial score (nSPS) is 16.9. The van der Waals surface area contributed by atoms with Gasteiger partial charge in [-0.05, 0) is 32.6 Å². The number of ether oxygens (including phenoxy) is 2. The predicted octanol–water partition coefficient (Wildman–Crippen LogP) is 2.03. The van der Waals surface area contributed by atoms with E-state index in [-0.39, 0.29) is 12.4 Å². The molecule has 0 saturated carbocycles. The fraction of sp³-hybridized carbons (Fsp3) is 0.533. The van der Waals surface area contributed by atoms with Crippen molar-refractivity contribution in [1.82, 2.24) is 0 Å². The molecule has 4 heteroatoms. The van der Waals surface area contributed by atoms with E-state index in [9.17, 15) is 9.90 Å². The molecule has 1 aromatic rings. The Labute approximate surface area is 112 Å². The van der Waals surface area contributed by atoms with Crippen LogP contribution in [0.1, 0.15) is 46.8 Å². The van der Waals surface area contributed by atoms with E-state index in [2.05, 4.69) is 0 Å². The van der Waals surface area contributed by atoms with Gasteiger partial charge in [-0.15, -0.1) is 0 Å². The summed E-state index contributed by atoms with van der Waals surface area (Å²) >= 11 is 0. The number of hydrogen-bond acceptors (Lipinski definition) is 4. The van der Waals surface area contributed by atoms with Crippen LogP contribution in [-0.2, 0) is 19.4 Å². The van der Waals surface area contributed by atoms with E-state index in [1.807, 2.05) is 0 Å². The van der Waals surface area contributed by atoms with Crippen molar-refractivity contribution >= 4 is 5.78 Å². The second kappa shape index (κ2) is 4.85. The second-order valence-electron chi connectivity index (χ2n) is 5.09. The van der Waals surface area contributed by atoms with Crippen LogP contribution < -0.4 is 9.47 Å². The fourth-order valence-electron chi connectivity index (χ4n) is 3.08. The van der Waals surface area contributed by atoms with Gasteiger partial charge in [-0.1, -0.05) is 0 Å². The Morgan fingerprint density at radius 2 is 1.74 bits per heavy atom. The lowest BCUT2D eigenvalue weighted by atomic mass is 9.87. The Bertz CT molecular complexity index is 496. The van der Waals surface area contributed by atoms with Gasteiger partial charge in [0.05, 0.1) is 25.4 Å². The maximum absolute atomic E-state index is 12.0. The molecule has 0 fully saturated rings. The third-order valence-corrected chi connectivity index (χ3v) is 3.86. The summed E-state index contributed by atoms with van der Waals surface area (Å²) in [6.07, 6.45) is 3.46. The number of ketones is 1. The van der Waals surface area contributed by atoms with Crippen LogP contribution in [0, 0.1) is 0 Å². The highest BCUT2D eigenvalue weighted by molar-refractivity contribution is 6.00. The number of aliphatic hydroxyl groups is 1. The van der Waals surface area contributed by atoms with Gasteiger partial charge in [-0.2, -0.15) is 0 Å². The molecular weight excluding hydrogens is 244 g/mol. The number of hydrogen-bond donors (Lipinski definition) is 1. The molecule has 0 saturated heterocycles. The number of fused-ring (bicyclic) bond motifs is 2. The Balaban J connectivity index is 2.31. The van der Waals surface area contributed by atoms with Crippen LogP contribution >= 0.6 is 0 Å². The zero-order valence-electron chi connectivity index (χ0n) is 11.1. The van der Waals surface area contributed by atoms with Gasteiger partial charge in [0.25, 0.3) is 0 Å². The summed E-state index contributed by atoms with van der Waals surface area (Å²) in [6, 6.07) is 0. The van der Waals surface area contributed by atoms with Crippen LogP contribution in [0.3, 0.4) is 0 Å². The van der Waals surface area contributed by atoms with Crippen molar-refractivity contribution in [2.45, 2.75) is 39.2 Å². The van der Waals surface area contributed by atoms with E-state index in [1.165, 1.54) is 0 Å². The maximum atomic E-state index is 12.0. The largest absolute Gasteiger partial charge is 0.493 e. The number of rotatable bonds is 2. The molecule has 0 amide bonds. The molecule has 0 atom stereocenters. The Hall–Kier alpha value is -1.55. The van der Waals surface area contributed by atoms with E-state index in [0.717, 1.165) is 48.1 Å². The number of carbonyl (C=O) groups excluding carboxylic acids is 1. The van der Waals surface area contributed by atoms with Crippen LogP contribution in [-0.4, -0.2) is 24.1 Å². The zero-order valence-corrected chi connectivity index (χ0v) is 11.1. The fourth-order valence-corrected chi connectivity index (χ4v) is 3.08. The standard InChI is InChI=1S/C15H18O4/c1-9(17)13-11-5-3-6-18-14(11)12(8-16)10-4-2-7-19-15(10)13/h16H,2-8H2,1H3. The van der Waals surface area contributed by atoms with Gasteiger partial charge in [0.2, 0.25) is 0 Å². The highest BCUT2D eigenvalue weighted by Crippen LogP contribution is 2.43. The van der Waals surface area contributed by atoms with Gasteiger partial charge >= 0.3 is 0 Å². The topological polar surface area (TPSA) is 55.8 Å². The van der Waals surface area contributed by atoms with Crippen molar-refractivity contribution in [3.63, 3.8) is 0 Å².